The zero-order valence-electron chi connectivity index (χ0n) is 7.82. The number of benzene rings is 1. The molecule has 15 heavy (non-hydrogen) atoms. The van der Waals surface area contributed by atoms with Gasteiger partial charge in [0.05, 0.1) is 15.5 Å². The van der Waals surface area contributed by atoms with Crippen LogP contribution in [0.25, 0.3) is 5.69 Å². The lowest BCUT2D eigenvalue weighted by molar-refractivity contribution is 0.878. The predicted octanol–water partition coefficient (Wildman–Crippen LogP) is 2.59. The molecule has 5 heteroatoms. The maximum absolute atomic E-state index is 6.06. The molecule has 1 heterocycles. The van der Waals surface area contributed by atoms with Crippen molar-refractivity contribution in [1.82, 2.24) is 9.78 Å². The second-order valence-electron chi connectivity index (χ2n) is 3.08. The van der Waals surface area contributed by atoms with Gasteiger partial charge in [-0.3, -0.25) is 0 Å². The second-order valence-corrected chi connectivity index (χ2v) is 4.74. The number of hydrogen-bond acceptors (Lipinski definition) is 2. The molecule has 0 amide bonds. The number of nitrogens with zero attached hydrogens (tertiary/aromatic N) is 2. The maximum Gasteiger partial charge on any atom is 0.0661 e. The molecular weight excluding hydrogens is 324 g/mol. The summed E-state index contributed by atoms with van der Waals surface area (Å²) >= 11 is 8.28. The smallest absolute Gasteiger partial charge is 0.0661 e. The van der Waals surface area contributed by atoms with E-state index in [9.17, 15) is 0 Å². The molecular formula is C10H9ClIN3. The Kier molecular flexibility index (Phi) is 3.28. The van der Waals surface area contributed by atoms with Gasteiger partial charge in [-0.05, 0) is 40.3 Å². The van der Waals surface area contributed by atoms with Crippen molar-refractivity contribution in [3.05, 3.63) is 44.7 Å². The summed E-state index contributed by atoms with van der Waals surface area (Å²) in [6.07, 6.45) is 3.74. The monoisotopic (exact) mass is 333 g/mol. The van der Waals surface area contributed by atoms with Crippen LogP contribution in [0.1, 0.15) is 5.56 Å². The first-order valence-electron chi connectivity index (χ1n) is 4.40. The molecule has 0 radical (unpaired) electrons. The molecule has 0 unspecified atom stereocenters. The molecule has 0 atom stereocenters. The number of hydrogen-bond donors (Lipinski definition) is 1. The van der Waals surface area contributed by atoms with Crippen molar-refractivity contribution >= 4 is 34.2 Å². The van der Waals surface area contributed by atoms with Crippen LogP contribution in [0.5, 0.6) is 0 Å². The van der Waals surface area contributed by atoms with E-state index in [0.717, 1.165) is 14.8 Å². The quantitative estimate of drug-likeness (QED) is 0.859. The molecule has 3 nitrogen and oxygen atoms in total. The van der Waals surface area contributed by atoms with E-state index >= 15 is 0 Å². The van der Waals surface area contributed by atoms with Gasteiger partial charge in [-0.15, -0.1) is 0 Å². The van der Waals surface area contributed by atoms with Gasteiger partial charge in [-0.25, -0.2) is 4.68 Å². The van der Waals surface area contributed by atoms with E-state index in [2.05, 4.69) is 27.7 Å². The van der Waals surface area contributed by atoms with Crippen molar-refractivity contribution < 1.29 is 0 Å². The van der Waals surface area contributed by atoms with Gasteiger partial charge in [0.15, 0.2) is 0 Å². The average molecular weight is 334 g/mol. The lowest BCUT2D eigenvalue weighted by Gasteiger charge is -2.05. The van der Waals surface area contributed by atoms with Gasteiger partial charge in [0.25, 0.3) is 0 Å². The molecule has 2 N–H and O–H groups in total. The van der Waals surface area contributed by atoms with E-state index in [1.165, 1.54) is 0 Å². The third-order valence-corrected chi connectivity index (χ3v) is 2.98. The van der Waals surface area contributed by atoms with Crippen LogP contribution in [0.4, 0.5) is 0 Å². The molecule has 2 rings (SSSR count). The first kappa shape index (κ1) is 10.9. The Morgan fingerprint density at radius 3 is 2.80 bits per heavy atom. The van der Waals surface area contributed by atoms with Crippen LogP contribution in [-0.2, 0) is 6.54 Å². The largest absolute Gasteiger partial charge is 0.326 e. The highest BCUT2D eigenvalue weighted by Gasteiger charge is 2.03. The highest BCUT2D eigenvalue weighted by molar-refractivity contribution is 14.1. The fourth-order valence-electron chi connectivity index (χ4n) is 1.29. The van der Waals surface area contributed by atoms with Crippen molar-refractivity contribution in [2.75, 3.05) is 0 Å². The van der Waals surface area contributed by atoms with Gasteiger partial charge in [-0.1, -0.05) is 17.7 Å². The molecule has 0 spiro atoms. The Morgan fingerprint density at radius 2 is 2.27 bits per heavy atom. The number of nitrogens with two attached hydrogens (primary N) is 1. The van der Waals surface area contributed by atoms with Crippen LogP contribution in [-0.4, -0.2) is 9.78 Å². The van der Waals surface area contributed by atoms with Gasteiger partial charge in [0.2, 0.25) is 0 Å². The average Bonchev–Trinajstić information content (AvgIpc) is 2.65. The molecule has 78 valence electrons. The van der Waals surface area contributed by atoms with Gasteiger partial charge >= 0.3 is 0 Å². The van der Waals surface area contributed by atoms with Gasteiger partial charge in [-0.2, -0.15) is 5.10 Å². The van der Waals surface area contributed by atoms with E-state index in [1.807, 2.05) is 24.4 Å². The van der Waals surface area contributed by atoms with Crippen molar-refractivity contribution in [1.29, 1.82) is 0 Å². The van der Waals surface area contributed by atoms with E-state index in [0.29, 0.717) is 11.6 Å². The number of halogens is 2. The minimum atomic E-state index is 0.454. The van der Waals surface area contributed by atoms with Crippen LogP contribution in [0.3, 0.4) is 0 Å². The highest BCUT2D eigenvalue weighted by Crippen LogP contribution is 2.20. The van der Waals surface area contributed by atoms with Gasteiger partial charge < -0.3 is 5.73 Å². The van der Waals surface area contributed by atoms with Crippen molar-refractivity contribution in [3.63, 3.8) is 0 Å². The first-order valence-corrected chi connectivity index (χ1v) is 5.85. The van der Waals surface area contributed by atoms with Crippen LogP contribution >= 0.6 is 34.2 Å². The Bertz CT molecular complexity index is 481. The fraction of sp³-hybridized carbons (Fsp3) is 0.100. The van der Waals surface area contributed by atoms with Gasteiger partial charge in [0.1, 0.15) is 0 Å². The van der Waals surface area contributed by atoms with Crippen molar-refractivity contribution in [2.45, 2.75) is 6.54 Å². The summed E-state index contributed by atoms with van der Waals surface area (Å²) in [6, 6.07) is 5.75. The zero-order chi connectivity index (χ0) is 10.8. The molecule has 0 aliphatic heterocycles. The topological polar surface area (TPSA) is 43.8 Å². The first-order chi connectivity index (χ1) is 7.20. The minimum Gasteiger partial charge on any atom is -0.326 e. The molecule has 0 aliphatic rings. The van der Waals surface area contributed by atoms with Crippen LogP contribution < -0.4 is 5.73 Å². The van der Waals surface area contributed by atoms with E-state index < -0.39 is 0 Å². The molecule has 1 aromatic heterocycles. The highest BCUT2D eigenvalue weighted by atomic mass is 127. The lowest BCUT2D eigenvalue weighted by Crippen LogP contribution is -1.99. The summed E-state index contributed by atoms with van der Waals surface area (Å²) in [7, 11) is 0. The molecule has 2 aromatic rings. The predicted molar refractivity (Wildman–Crippen MR) is 69.2 cm³/mol. The van der Waals surface area contributed by atoms with E-state index in [4.69, 9.17) is 17.3 Å². The Hall–Kier alpha value is -0.590. The fourth-order valence-corrected chi connectivity index (χ4v) is 1.93. The van der Waals surface area contributed by atoms with E-state index in [1.54, 1.807) is 10.9 Å². The lowest BCUT2D eigenvalue weighted by atomic mass is 10.2. The van der Waals surface area contributed by atoms with Crippen LogP contribution in [0.2, 0.25) is 5.02 Å². The summed E-state index contributed by atoms with van der Waals surface area (Å²) in [5.41, 5.74) is 7.43. The Labute approximate surface area is 106 Å². The minimum absolute atomic E-state index is 0.454. The molecule has 0 bridgehead atoms. The summed E-state index contributed by atoms with van der Waals surface area (Å²) < 4.78 is 2.88. The third kappa shape index (κ3) is 2.32. The normalized spacial score (nSPS) is 10.6. The van der Waals surface area contributed by atoms with Crippen LogP contribution in [0, 0.1) is 3.57 Å². The summed E-state index contributed by atoms with van der Waals surface area (Å²) in [6.45, 7) is 0.454. The third-order valence-electron chi connectivity index (χ3n) is 2.07. The Morgan fingerprint density at radius 1 is 1.47 bits per heavy atom. The zero-order valence-corrected chi connectivity index (χ0v) is 10.7. The second kappa shape index (κ2) is 4.51. The molecule has 0 fully saturated rings. The standard InChI is InChI=1S/C10H9ClIN3/c11-10-3-9(2-1-7(10)4-13)15-6-8(12)5-14-15/h1-3,5-6H,4,13H2. The van der Waals surface area contributed by atoms with Crippen molar-refractivity contribution in [2.24, 2.45) is 5.73 Å². The Balaban J connectivity index is 2.42. The molecule has 0 aliphatic carbocycles. The summed E-state index contributed by atoms with van der Waals surface area (Å²) in [4.78, 5) is 0. The molecule has 1 aromatic carbocycles. The van der Waals surface area contributed by atoms with E-state index in [-0.39, 0.29) is 0 Å². The molecule has 0 saturated carbocycles. The van der Waals surface area contributed by atoms with Crippen LogP contribution in [0.15, 0.2) is 30.6 Å². The molecule has 0 saturated heterocycles. The summed E-state index contributed by atoms with van der Waals surface area (Å²) in [5.74, 6) is 0. The van der Waals surface area contributed by atoms with Gasteiger partial charge in [0, 0.05) is 17.8 Å². The van der Waals surface area contributed by atoms with Crippen molar-refractivity contribution in [3.8, 4) is 5.69 Å². The number of rotatable bonds is 2. The number of aromatic nitrogens is 2. The summed E-state index contributed by atoms with van der Waals surface area (Å²) in [5, 5.41) is 4.88. The SMILES string of the molecule is NCc1ccc(-n2cc(I)cn2)cc1Cl. The maximum atomic E-state index is 6.06.